The normalized spacial score (nSPS) is 11.8. The molecule has 0 aliphatic rings. The van der Waals surface area contributed by atoms with E-state index in [1.165, 1.54) is 0 Å². The summed E-state index contributed by atoms with van der Waals surface area (Å²) in [7, 11) is 3.28. The summed E-state index contributed by atoms with van der Waals surface area (Å²) in [4.78, 5) is 32.2. The van der Waals surface area contributed by atoms with Crippen LogP contribution in [0.4, 0.5) is 11.4 Å². The summed E-state index contributed by atoms with van der Waals surface area (Å²) in [6.45, 7) is 6.91. The number of aromatic nitrogens is 1. The van der Waals surface area contributed by atoms with Crippen LogP contribution in [-0.2, 0) is 16.1 Å². The third-order valence-electron chi connectivity index (χ3n) is 8.15. The van der Waals surface area contributed by atoms with Gasteiger partial charge in [0.2, 0.25) is 18.8 Å². The minimum absolute atomic E-state index is 0.00533. The Labute approximate surface area is 338 Å². The van der Waals surface area contributed by atoms with E-state index in [0.29, 0.717) is 39.3 Å². The van der Waals surface area contributed by atoms with Crippen molar-refractivity contribution in [1.82, 2.24) is 10.6 Å². The lowest BCUT2D eigenvalue weighted by Crippen LogP contribution is -2.75. The number of nitrogens with zero attached hydrogens (tertiary/aromatic N) is 3. The molecule has 1 heterocycles. The number of hydrogen-bond donors (Lipinski definition) is 7. The number of rotatable bonds is 27. The van der Waals surface area contributed by atoms with Gasteiger partial charge in [-0.25, -0.2) is 4.99 Å². The van der Waals surface area contributed by atoms with E-state index in [9.17, 15) is 30.0 Å². The Morgan fingerprint density at radius 3 is 1.77 bits per heavy atom. The fourth-order valence-corrected chi connectivity index (χ4v) is 7.16. The number of allylic oxidation sites excluding steroid dienone is 4. The van der Waals surface area contributed by atoms with Crippen LogP contribution in [0.1, 0.15) is 16.8 Å². The highest BCUT2D eigenvalue weighted by Gasteiger charge is 2.13. The SMILES string of the molecule is C=C/C=C\C(/C=C/c1ccc(N(CCO)CCO)cc1)=[NH+]CC(=O)NCCSSCCNC(=O)C[n+]1ccccc1/C=C/c1ccc(N(CCO)CCO)cc1. The minimum Gasteiger partial charge on any atom is -0.395 e. The van der Waals surface area contributed by atoms with E-state index < -0.39 is 0 Å². The van der Waals surface area contributed by atoms with Crippen molar-refractivity contribution in [2.24, 2.45) is 0 Å². The average molecular weight is 805 g/mol. The third kappa shape index (κ3) is 17.8. The molecule has 0 bridgehead atoms. The van der Waals surface area contributed by atoms with Crippen LogP contribution in [0.25, 0.3) is 18.2 Å². The standard InChI is InChI=1S/C42H54N6O6S2/c1-2-3-6-37(14-8-35-10-16-39(17-11-35)46(23-27-49)24-28-50)45-33-41(53)43-20-31-55-56-32-21-44-42(54)34-48-22-5-4-7-38(48)15-9-36-12-18-40(19-13-36)47(25-29-51)26-30-52/h2-19,22,49-52H,1,20-21,23-34H2,(H-,43,44,53,54)/p+2/b6-3-,14-8+,45-37?. The van der Waals surface area contributed by atoms with E-state index in [1.54, 1.807) is 33.7 Å². The van der Waals surface area contributed by atoms with Gasteiger partial charge in [-0.1, -0.05) is 64.6 Å². The van der Waals surface area contributed by atoms with E-state index in [4.69, 9.17) is 0 Å². The fraction of sp³-hybridized carbons (Fsp3) is 0.333. The van der Waals surface area contributed by atoms with Crippen LogP contribution in [0.2, 0.25) is 0 Å². The zero-order valence-electron chi connectivity index (χ0n) is 31.8. The van der Waals surface area contributed by atoms with Crippen molar-refractivity contribution < 1.29 is 39.6 Å². The molecule has 12 nitrogen and oxygen atoms in total. The van der Waals surface area contributed by atoms with Crippen molar-refractivity contribution in [2.75, 3.05) is 93.5 Å². The van der Waals surface area contributed by atoms with Crippen LogP contribution < -0.4 is 30.0 Å². The summed E-state index contributed by atoms with van der Waals surface area (Å²) in [5.41, 5.74) is 5.44. The van der Waals surface area contributed by atoms with E-state index in [1.807, 2.05) is 118 Å². The fourth-order valence-electron chi connectivity index (χ4n) is 5.35. The summed E-state index contributed by atoms with van der Waals surface area (Å²) >= 11 is 0. The van der Waals surface area contributed by atoms with Crippen LogP contribution >= 0.6 is 21.6 Å². The van der Waals surface area contributed by atoms with E-state index in [-0.39, 0.29) is 51.3 Å². The topological polar surface area (TPSA) is 163 Å². The first-order chi connectivity index (χ1) is 27.4. The van der Waals surface area contributed by atoms with Gasteiger partial charge in [0.15, 0.2) is 11.9 Å². The average Bonchev–Trinajstić information content (AvgIpc) is 3.21. The second-order valence-electron chi connectivity index (χ2n) is 12.2. The van der Waals surface area contributed by atoms with Gasteiger partial charge in [-0.15, -0.1) is 0 Å². The van der Waals surface area contributed by atoms with Gasteiger partial charge in [-0.3, -0.25) is 9.59 Å². The summed E-state index contributed by atoms with van der Waals surface area (Å²) in [5.74, 6) is 1.26. The summed E-state index contributed by atoms with van der Waals surface area (Å²) in [6, 6.07) is 21.5. The molecule has 2 amide bonds. The number of benzene rings is 2. The molecule has 3 rings (SSSR count). The Morgan fingerprint density at radius 2 is 1.23 bits per heavy atom. The molecule has 0 spiro atoms. The summed E-state index contributed by atoms with van der Waals surface area (Å²) < 4.78 is 1.89. The first kappa shape index (κ1) is 45.7. The minimum atomic E-state index is -0.122. The van der Waals surface area contributed by atoms with Gasteiger partial charge in [-0.05, 0) is 53.6 Å². The van der Waals surface area contributed by atoms with Gasteiger partial charge >= 0.3 is 0 Å². The predicted molar refractivity (Wildman–Crippen MR) is 231 cm³/mol. The van der Waals surface area contributed by atoms with Crippen molar-refractivity contribution in [3.05, 3.63) is 121 Å². The van der Waals surface area contributed by atoms with Crippen LogP contribution in [0, 0.1) is 0 Å². The number of hydrogen-bond acceptors (Lipinski definition) is 10. The van der Waals surface area contributed by atoms with Gasteiger partial charge in [0, 0.05) is 92.5 Å². The smallest absolute Gasteiger partial charge is 0.286 e. The molecule has 7 N–H and O–H groups in total. The molecule has 0 radical (unpaired) electrons. The molecule has 2 aromatic carbocycles. The largest absolute Gasteiger partial charge is 0.395 e. The summed E-state index contributed by atoms with van der Waals surface area (Å²) in [6.07, 6.45) is 15.0. The zero-order chi connectivity index (χ0) is 40.2. The Bertz CT molecular complexity index is 1720. The summed E-state index contributed by atoms with van der Waals surface area (Å²) in [5, 5.41) is 43.1. The second-order valence-corrected chi connectivity index (χ2v) is 14.9. The molecule has 0 fully saturated rings. The van der Waals surface area contributed by atoms with Crippen LogP contribution in [-0.4, -0.2) is 122 Å². The first-order valence-electron chi connectivity index (χ1n) is 18.6. The first-order valence-corrected chi connectivity index (χ1v) is 21.0. The molecule has 0 atom stereocenters. The van der Waals surface area contributed by atoms with E-state index >= 15 is 0 Å². The molecule has 0 saturated heterocycles. The Hall–Kier alpha value is -4.70. The van der Waals surface area contributed by atoms with Crippen molar-refractivity contribution in [3.63, 3.8) is 0 Å². The quantitative estimate of drug-likeness (QED) is 0.0197. The van der Waals surface area contributed by atoms with E-state index in [2.05, 4.69) is 22.2 Å². The molecular formula is C42H56N6O6S2+2. The maximum absolute atomic E-state index is 12.7. The lowest BCUT2D eigenvalue weighted by Gasteiger charge is -2.22. The van der Waals surface area contributed by atoms with Crippen LogP contribution in [0.15, 0.2) is 104 Å². The van der Waals surface area contributed by atoms with Crippen molar-refractivity contribution >= 4 is 68.7 Å². The molecule has 0 unspecified atom stereocenters. The number of carbonyl (C=O) groups excluding carboxylic acids is 2. The lowest BCUT2D eigenvalue weighted by molar-refractivity contribution is -0.686. The number of aliphatic hydroxyl groups is 4. The molecule has 0 saturated carbocycles. The molecule has 3 aromatic rings. The van der Waals surface area contributed by atoms with Gasteiger partial charge in [0.25, 0.3) is 11.8 Å². The number of aliphatic hydroxyl groups excluding tert-OH is 4. The molecule has 0 aliphatic heterocycles. The molecule has 14 heteroatoms. The number of amides is 2. The maximum Gasteiger partial charge on any atom is 0.286 e. The highest BCUT2D eigenvalue weighted by atomic mass is 33.1. The molecule has 1 aromatic heterocycles. The number of nitrogens with one attached hydrogen (secondary N) is 3. The second kappa shape index (κ2) is 27.8. The lowest BCUT2D eigenvalue weighted by atomic mass is 10.1. The van der Waals surface area contributed by atoms with Crippen molar-refractivity contribution in [3.8, 4) is 0 Å². The number of anilines is 2. The van der Waals surface area contributed by atoms with Gasteiger partial charge in [-0.2, -0.15) is 4.57 Å². The van der Waals surface area contributed by atoms with Crippen molar-refractivity contribution in [2.45, 2.75) is 6.54 Å². The molecular weight excluding hydrogens is 749 g/mol. The highest BCUT2D eigenvalue weighted by Crippen LogP contribution is 2.19. The number of carbonyl (C=O) groups is 2. The third-order valence-corrected chi connectivity index (χ3v) is 10.6. The Kier molecular flexibility index (Phi) is 22.7. The van der Waals surface area contributed by atoms with Crippen LogP contribution in [0.5, 0.6) is 0 Å². The Morgan fingerprint density at radius 1 is 0.696 bits per heavy atom. The molecule has 56 heavy (non-hydrogen) atoms. The molecule has 0 aliphatic carbocycles. The van der Waals surface area contributed by atoms with Gasteiger partial charge in [0.1, 0.15) is 0 Å². The highest BCUT2D eigenvalue weighted by molar-refractivity contribution is 8.76. The monoisotopic (exact) mass is 804 g/mol. The predicted octanol–water partition coefficient (Wildman–Crippen LogP) is 1.32. The van der Waals surface area contributed by atoms with Gasteiger partial charge < -0.3 is 40.9 Å². The van der Waals surface area contributed by atoms with Gasteiger partial charge in [0.05, 0.1) is 26.4 Å². The number of pyridine rings is 1. The zero-order valence-corrected chi connectivity index (χ0v) is 33.5. The Balaban J connectivity index is 1.35. The molecule has 300 valence electrons. The maximum atomic E-state index is 12.7. The van der Waals surface area contributed by atoms with Crippen molar-refractivity contribution in [1.29, 1.82) is 0 Å². The van der Waals surface area contributed by atoms with E-state index in [0.717, 1.165) is 45.4 Å². The van der Waals surface area contributed by atoms with Crippen LogP contribution in [0.3, 0.4) is 0 Å².